The van der Waals surface area contributed by atoms with E-state index in [0.29, 0.717) is 18.8 Å². The number of nitrogens with zero attached hydrogens (tertiary/aromatic N) is 2. The third kappa shape index (κ3) is 2.78. The molecule has 120 valence electrons. The van der Waals surface area contributed by atoms with Gasteiger partial charge in [0, 0.05) is 25.0 Å². The minimum atomic E-state index is -1.12. The van der Waals surface area contributed by atoms with Gasteiger partial charge in [-0.25, -0.2) is 13.5 Å². The van der Waals surface area contributed by atoms with Gasteiger partial charge in [0.25, 0.3) is 5.56 Å². The molecule has 7 nitrogen and oxygen atoms in total. The molecule has 0 saturated carbocycles. The summed E-state index contributed by atoms with van der Waals surface area (Å²) in [5.74, 6) is 0.0516. The highest BCUT2D eigenvalue weighted by Gasteiger charge is 2.25. The molecule has 1 aliphatic rings. The summed E-state index contributed by atoms with van der Waals surface area (Å²) in [6.45, 7) is 3.28. The van der Waals surface area contributed by atoms with Crippen LogP contribution in [0.1, 0.15) is 18.1 Å². The van der Waals surface area contributed by atoms with Crippen molar-refractivity contribution in [2.24, 2.45) is 10.7 Å². The van der Waals surface area contributed by atoms with Crippen LogP contribution in [-0.4, -0.2) is 25.9 Å². The number of amidine groups is 1. The molecular weight excluding hydrogens is 314 g/mol. The first kappa shape index (κ1) is 15.4. The molecule has 2 heterocycles. The number of H-pyrrole nitrogens is 1. The van der Waals surface area contributed by atoms with Gasteiger partial charge in [-0.2, -0.15) is 0 Å². The van der Waals surface area contributed by atoms with Crippen LogP contribution in [0.2, 0.25) is 0 Å². The van der Waals surface area contributed by atoms with Crippen molar-refractivity contribution in [1.82, 2.24) is 9.29 Å². The maximum absolute atomic E-state index is 12.2. The Hall–Kier alpha value is -2.45. The van der Waals surface area contributed by atoms with Gasteiger partial charge in [-0.15, -0.1) is 0 Å². The topological polar surface area (TPSA) is 118 Å². The van der Waals surface area contributed by atoms with Crippen LogP contribution in [0, 0.1) is 0 Å². The first-order chi connectivity index (χ1) is 11.0. The van der Waals surface area contributed by atoms with E-state index in [9.17, 15) is 9.00 Å². The quantitative estimate of drug-likeness (QED) is 0.571. The molecule has 0 amide bonds. The van der Waals surface area contributed by atoms with E-state index in [4.69, 9.17) is 11.5 Å². The summed E-state index contributed by atoms with van der Waals surface area (Å²) in [4.78, 5) is 19.4. The monoisotopic (exact) mass is 331 g/mol. The molecule has 1 unspecified atom stereocenters. The van der Waals surface area contributed by atoms with Crippen LogP contribution in [0.25, 0.3) is 0 Å². The average Bonchev–Trinajstić information content (AvgIpc) is 2.83. The SMILES string of the molecule is CCN1Cc2cc(N=C(N)c3c(N)cc[nH]c3=O)ccc2S1=O. The fourth-order valence-electron chi connectivity index (χ4n) is 2.50. The van der Waals surface area contributed by atoms with Crippen LogP contribution in [0.3, 0.4) is 0 Å². The van der Waals surface area contributed by atoms with Gasteiger partial charge in [0.15, 0.2) is 0 Å². The number of hydrogen-bond acceptors (Lipinski definition) is 4. The number of aromatic nitrogens is 1. The summed E-state index contributed by atoms with van der Waals surface area (Å²) in [6.07, 6.45) is 1.46. The predicted molar refractivity (Wildman–Crippen MR) is 90.8 cm³/mol. The predicted octanol–water partition coefficient (Wildman–Crippen LogP) is 0.852. The fraction of sp³-hybridized carbons (Fsp3) is 0.200. The van der Waals surface area contributed by atoms with Crippen molar-refractivity contribution in [3.8, 4) is 0 Å². The number of nitrogen functional groups attached to an aromatic ring is 1. The molecule has 0 saturated heterocycles. The zero-order chi connectivity index (χ0) is 16.6. The van der Waals surface area contributed by atoms with Crippen molar-refractivity contribution in [2.75, 3.05) is 12.3 Å². The Labute approximate surface area is 135 Å². The smallest absolute Gasteiger partial charge is 0.261 e. The van der Waals surface area contributed by atoms with Crippen molar-refractivity contribution in [3.63, 3.8) is 0 Å². The van der Waals surface area contributed by atoms with Crippen LogP contribution in [0.5, 0.6) is 0 Å². The van der Waals surface area contributed by atoms with E-state index in [2.05, 4.69) is 9.98 Å². The molecule has 0 aliphatic carbocycles. The summed E-state index contributed by atoms with van der Waals surface area (Å²) < 4.78 is 14.0. The second kappa shape index (κ2) is 5.98. The molecule has 0 fully saturated rings. The minimum Gasteiger partial charge on any atom is -0.398 e. The lowest BCUT2D eigenvalue weighted by Crippen LogP contribution is -2.25. The molecule has 0 bridgehead atoms. The lowest BCUT2D eigenvalue weighted by molar-refractivity contribution is 0.480. The Balaban J connectivity index is 1.99. The number of hydrogen-bond donors (Lipinski definition) is 3. The van der Waals surface area contributed by atoms with E-state index in [1.165, 1.54) is 6.20 Å². The second-order valence-electron chi connectivity index (χ2n) is 5.13. The molecule has 1 aliphatic heterocycles. The van der Waals surface area contributed by atoms with E-state index >= 15 is 0 Å². The maximum Gasteiger partial charge on any atom is 0.261 e. The molecule has 1 atom stereocenters. The first-order valence-corrected chi connectivity index (χ1v) is 8.23. The fourth-order valence-corrected chi connectivity index (χ4v) is 3.80. The van der Waals surface area contributed by atoms with Crippen molar-refractivity contribution in [3.05, 3.63) is 51.9 Å². The third-order valence-corrected chi connectivity index (χ3v) is 5.30. The lowest BCUT2D eigenvalue weighted by atomic mass is 10.2. The van der Waals surface area contributed by atoms with Crippen molar-refractivity contribution >= 4 is 28.2 Å². The zero-order valence-corrected chi connectivity index (χ0v) is 13.4. The molecule has 2 aromatic rings. The number of nitrogens with two attached hydrogens (primary N) is 2. The van der Waals surface area contributed by atoms with E-state index in [1.807, 2.05) is 17.3 Å². The highest BCUT2D eigenvalue weighted by molar-refractivity contribution is 7.83. The standard InChI is InChI=1S/C15H17N5O2S/c1-2-20-8-9-7-10(3-4-12(9)23(20)22)19-14(17)13-11(16)5-6-18-15(13)21/h3-7H,2,8H2,1H3,(H2,17,19)(H3,16,18,21). The van der Waals surface area contributed by atoms with E-state index < -0.39 is 11.0 Å². The molecule has 3 rings (SSSR count). The largest absolute Gasteiger partial charge is 0.398 e. The van der Waals surface area contributed by atoms with Crippen molar-refractivity contribution in [1.29, 1.82) is 0 Å². The van der Waals surface area contributed by atoms with Crippen LogP contribution < -0.4 is 17.0 Å². The van der Waals surface area contributed by atoms with Gasteiger partial charge in [-0.3, -0.25) is 4.79 Å². The summed E-state index contributed by atoms with van der Waals surface area (Å²) in [6, 6.07) is 6.91. The highest BCUT2D eigenvalue weighted by atomic mass is 32.2. The summed E-state index contributed by atoms with van der Waals surface area (Å²) >= 11 is 0. The normalized spacial score (nSPS) is 18.1. The number of fused-ring (bicyclic) bond motifs is 1. The van der Waals surface area contributed by atoms with Gasteiger partial charge < -0.3 is 16.5 Å². The summed E-state index contributed by atoms with van der Waals surface area (Å²) in [7, 11) is -1.12. The Bertz CT molecular complexity index is 874. The van der Waals surface area contributed by atoms with Crippen LogP contribution in [0.15, 0.2) is 45.1 Å². The Morgan fingerprint density at radius 2 is 2.22 bits per heavy atom. The Morgan fingerprint density at radius 3 is 2.91 bits per heavy atom. The number of benzene rings is 1. The summed E-state index contributed by atoms with van der Waals surface area (Å²) in [5, 5.41) is 0. The number of nitrogens with one attached hydrogen (secondary N) is 1. The number of rotatable bonds is 3. The van der Waals surface area contributed by atoms with Crippen LogP contribution in [-0.2, 0) is 17.5 Å². The number of pyridine rings is 1. The first-order valence-electron chi connectivity index (χ1n) is 7.12. The van der Waals surface area contributed by atoms with E-state index in [1.54, 1.807) is 18.2 Å². The number of aliphatic imine (C=N–C) groups is 1. The second-order valence-corrected chi connectivity index (χ2v) is 6.59. The van der Waals surface area contributed by atoms with Gasteiger partial charge in [-0.05, 0) is 29.8 Å². The van der Waals surface area contributed by atoms with Gasteiger partial charge in [0.2, 0.25) is 0 Å². The number of anilines is 1. The number of aromatic amines is 1. The molecule has 0 spiro atoms. The Morgan fingerprint density at radius 1 is 1.43 bits per heavy atom. The van der Waals surface area contributed by atoms with Gasteiger partial charge in [0.1, 0.15) is 22.4 Å². The van der Waals surface area contributed by atoms with Crippen molar-refractivity contribution < 1.29 is 4.21 Å². The van der Waals surface area contributed by atoms with Gasteiger partial charge in [0.05, 0.1) is 10.6 Å². The van der Waals surface area contributed by atoms with E-state index in [-0.39, 0.29) is 22.6 Å². The molecule has 0 radical (unpaired) electrons. The molecule has 8 heteroatoms. The Kier molecular flexibility index (Phi) is 4.01. The van der Waals surface area contributed by atoms with Gasteiger partial charge >= 0.3 is 0 Å². The average molecular weight is 331 g/mol. The summed E-state index contributed by atoms with van der Waals surface area (Å²) in [5.41, 5.74) is 13.3. The van der Waals surface area contributed by atoms with Gasteiger partial charge in [-0.1, -0.05) is 6.92 Å². The molecule has 5 N–H and O–H groups in total. The van der Waals surface area contributed by atoms with Crippen molar-refractivity contribution in [2.45, 2.75) is 18.4 Å². The zero-order valence-electron chi connectivity index (χ0n) is 12.6. The molecule has 1 aromatic carbocycles. The highest BCUT2D eigenvalue weighted by Crippen LogP contribution is 2.30. The molecule has 1 aromatic heterocycles. The molecule has 23 heavy (non-hydrogen) atoms. The molecular formula is C15H17N5O2S. The lowest BCUT2D eigenvalue weighted by Gasteiger charge is -2.08. The van der Waals surface area contributed by atoms with Crippen LogP contribution in [0.4, 0.5) is 11.4 Å². The van der Waals surface area contributed by atoms with Crippen LogP contribution >= 0.6 is 0 Å². The minimum absolute atomic E-state index is 0.0516. The third-order valence-electron chi connectivity index (χ3n) is 3.66. The van der Waals surface area contributed by atoms with E-state index in [0.717, 1.165) is 10.5 Å². The maximum atomic E-state index is 12.2.